The highest BCUT2D eigenvalue weighted by Gasteiger charge is 2.22. The third kappa shape index (κ3) is 7.58. The molecule has 20 heavy (non-hydrogen) atoms. The molecule has 1 rings (SSSR count). The number of hydrogen-bond acceptors (Lipinski definition) is 4. The van der Waals surface area contributed by atoms with Crippen LogP contribution in [0.15, 0.2) is 0 Å². The van der Waals surface area contributed by atoms with Crippen molar-refractivity contribution in [1.29, 1.82) is 0 Å². The van der Waals surface area contributed by atoms with Crippen LogP contribution < -0.4 is 21.3 Å². The minimum Gasteiger partial charge on any atom is -0.313 e. The molecule has 1 fully saturated rings. The SMILES string of the molecule is C[C@H]1CC(C)(C)NCCN[C@@H](C)CC(C)(C)NCCN1. The van der Waals surface area contributed by atoms with E-state index in [-0.39, 0.29) is 11.1 Å². The number of rotatable bonds is 0. The quantitative estimate of drug-likeness (QED) is 0.544. The lowest BCUT2D eigenvalue weighted by molar-refractivity contribution is 0.284. The molecule has 0 saturated carbocycles. The van der Waals surface area contributed by atoms with E-state index < -0.39 is 0 Å². The van der Waals surface area contributed by atoms with Gasteiger partial charge in [-0.3, -0.25) is 0 Å². The molecular weight excluding hydrogens is 248 g/mol. The molecule has 0 spiro atoms. The van der Waals surface area contributed by atoms with Crippen LogP contribution in [0.3, 0.4) is 0 Å². The van der Waals surface area contributed by atoms with E-state index in [1.54, 1.807) is 0 Å². The standard InChI is InChI=1S/C16H36N4/c1-13-11-15(3,4)19-10-8-18-14(2)12-16(5,6)20-9-7-17-13/h13-14,17-20H,7-12H2,1-6H3/t13-,14-/m0/s1. The van der Waals surface area contributed by atoms with Gasteiger partial charge in [-0.25, -0.2) is 0 Å². The lowest BCUT2D eigenvalue weighted by atomic mass is 9.94. The number of nitrogens with one attached hydrogen (secondary N) is 4. The maximum atomic E-state index is 3.67. The predicted octanol–water partition coefficient (Wildman–Crippen LogP) is 1.47. The van der Waals surface area contributed by atoms with Gasteiger partial charge in [-0.15, -0.1) is 0 Å². The first kappa shape index (κ1) is 17.9. The minimum absolute atomic E-state index is 0.189. The summed E-state index contributed by atoms with van der Waals surface area (Å²) in [7, 11) is 0. The first-order valence-electron chi connectivity index (χ1n) is 8.17. The summed E-state index contributed by atoms with van der Waals surface area (Å²) in [5.74, 6) is 0. The molecule has 4 N–H and O–H groups in total. The predicted molar refractivity (Wildman–Crippen MR) is 88.3 cm³/mol. The van der Waals surface area contributed by atoms with Crippen molar-refractivity contribution in [3.05, 3.63) is 0 Å². The van der Waals surface area contributed by atoms with Crippen molar-refractivity contribution in [3.8, 4) is 0 Å². The molecule has 4 heteroatoms. The van der Waals surface area contributed by atoms with Gasteiger partial charge in [0, 0.05) is 49.3 Å². The summed E-state index contributed by atoms with van der Waals surface area (Å²) in [5.41, 5.74) is 0.377. The van der Waals surface area contributed by atoms with Crippen molar-refractivity contribution >= 4 is 0 Å². The van der Waals surface area contributed by atoms with E-state index in [2.05, 4.69) is 62.8 Å². The fourth-order valence-corrected chi connectivity index (χ4v) is 3.26. The Morgan fingerprint density at radius 3 is 1.35 bits per heavy atom. The fraction of sp³-hybridized carbons (Fsp3) is 1.00. The van der Waals surface area contributed by atoms with E-state index in [9.17, 15) is 0 Å². The Bertz CT molecular complexity index is 248. The average Bonchev–Trinajstić information content (AvgIpc) is 2.28. The summed E-state index contributed by atoms with van der Waals surface area (Å²) in [6, 6.07) is 1.08. The molecule has 0 aromatic heterocycles. The van der Waals surface area contributed by atoms with Gasteiger partial charge in [0.25, 0.3) is 0 Å². The molecule has 0 aromatic carbocycles. The van der Waals surface area contributed by atoms with Gasteiger partial charge in [-0.1, -0.05) is 0 Å². The third-order valence-electron chi connectivity index (χ3n) is 4.08. The van der Waals surface area contributed by atoms with Gasteiger partial charge >= 0.3 is 0 Å². The highest BCUT2D eigenvalue weighted by atomic mass is 15.1. The molecule has 1 aliphatic rings. The highest BCUT2D eigenvalue weighted by Crippen LogP contribution is 2.13. The Morgan fingerprint density at radius 2 is 1.00 bits per heavy atom. The van der Waals surface area contributed by atoms with Crippen LogP contribution in [0.1, 0.15) is 54.4 Å². The molecular formula is C16H36N4. The smallest absolute Gasteiger partial charge is 0.0140 e. The molecule has 1 aliphatic heterocycles. The molecule has 120 valence electrons. The van der Waals surface area contributed by atoms with Crippen LogP contribution in [0.5, 0.6) is 0 Å². The van der Waals surface area contributed by atoms with Gasteiger partial charge in [-0.05, 0) is 54.4 Å². The van der Waals surface area contributed by atoms with Gasteiger partial charge in [0.05, 0.1) is 0 Å². The van der Waals surface area contributed by atoms with Gasteiger partial charge in [0.15, 0.2) is 0 Å². The second kappa shape index (κ2) is 7.74. The van der Waals surface area contributed by atoms with Crippen LogP contribution in [0.4, 0.5) is 0 Å². The van der Waals surface area contributed by atoms with E-state index in [1.807, 2.05) is 0 Å². The zero-order valence-electron chi connectivity index (χ0n) is 14.4. The summed E-state index contributed by atoms with van der Waals surface area (Å²) < 4.78 is 0. The van der Waals surface area contributed by atoms with Crippen molar-refractivity contribution in [3.63, 3.8) is 0 Å². The zero-order chi connectivity index (χ0) is 15.2. The molecule has 2 atom stereocenters. The Kier molecular flexibility index (Phi) is 6.92. The van der Waals surface area contributed by atoms with Crippen molar-refractivity contribution in [2.45, 2.75) is 77.5 Å². The molecule has 0 radical (unpaired) electrons. The molecule has 0 bridgehead atoms. The second-order valence-electron chi connectivity index (χ2n) is 7.74. The average molecular weight is 284 g/mol. The van der Waals surface area contributed by atoms with E-state index >= 15 is 0 Å². The Labute approximate surface area is 125 Å². The summed E-state index contributed by atoms with van der Waals surface area (Å²) in [6.45, 7) is 17.8. The molecule has 0 aliphatic carbocycles. The second-order valence-corrected chi connectivity index (χ2v) is 7.74. The molecule has 0 amide bonds. The summed E-state index contributed by atoms with van der Waals surface area (Å²) in [5, 5.41) is 14.6. The summed E-state index contributed by atoms with van der Waals surface area (Å²) in [4.78, 5) is 0. The monoisotopic (exact) mass is 284 g/mol. The maximum absolute atomic E-state index is 3.67. The van der Waals surface area contributed by atoms with Crippen LogP contribution in [-0.4, -0.2) is 49.3 Å². The van der Waals surface area contributed by atoms with E-state index in [1.165, 1.54) is 0 Å². The normalized spacial score (nSPS) is 33.3. The summed E-state index contributed by atoms with van der Waals surface area (Å²) in [6.07, 6.45) is 2.29. The van der Waals surface area contributed by atoms with Crippen LogP contribution in [0.25, 0.3) is 0 Å². The van der Waals surface area contributed by atoms with Gasteiger partial charge in [-0.2, -0.15) is 0 Å². The van der Waals surface area contributed by atoms with Crippen molar-refractivity contribution < 1.29 is 0 Å². The van der Waals surface area contributed by atoms with Gasteiger partial charge in [0.1, 0.15) is 0 Å². The summed E-state index contributed by atoms with van der Waals surface area (Å²) >= 11 is 0. The van der Waals surface area contributed by atoms with E-state index in [0.717, 1.165) is 39.0 Å². The zero-order valence-corrected chi connectivity index (χ0v) is 14.4. The highest BCUT2D eigenvalue weighted by molar-refractivity contribution is 4.86. The van der Waals surface area contributed by atoms with Crippen molar-refractivity contribution in [2.75, 3.05) is 26.2 Å². The molecule has 0 aromatic rings. The first-order chi connectivity index (χ1) is 9.20. The van der Waals surface area contributed by atoms with Crippen LogP contribution in [0, 0.1) is 0 Å². The molecule has 1 saturated heterocycles. The fourth-order valence-electron chi connectivity index (χ4n) is 3.26. The van der Waals surface area contributed by atoms with Crippen molar-refractivity contribution in [2.24, 2.45) is 0 Å². The topological polar surface area (TPSA) is 48.1 Å². The Hall–Kier alpha value is -0.160. The van der Waals surface area contributed by atoms with Crippen LogP contribution in [-0.2, 0) is 0 Å². The van der Waals surface area contributed by atoms with Gasteiger partial charge < -0.3 is 21.3 Å². The van der Waals surface area contributed by atoms with Gasteiger partial charge in [0.2, 0.25) is 0 Å². The first-order valence-corrected chi connectivity index (χ1v) is 8.17. The minimum atomic E-state index is 0.189. The Morgan fingerprint density at radius 1 is 0.650 bits per heavy atom. The lowest BCUT2D eigenvalue weighted by Gasteiger charge is -2.33. The van der Waals surface area contributed by atoms with E-state index in [0.29, 0.717) is 12.1 Å². The maximum Gasteiger partial charge on any atom is 0.0140 e. The molecule has 0 unspecified atom stereocenters. The molecule has 1 heterocycles. The lowest BCUT2D eigenvalue weighted by Crippen LogP contribution is -2.51. The van der Waals surface area contributed by atoms with E-state index in [4.69, 9.17) is 0 Å². The molecule has 4 nitrogen and oxygen atoms in total. The third-order valence-corrected chi connectivity index (χ3v) is 4.08. The Balaban J connectivity index is 2.55. The van der Waals surface area contributed by atoms with Crippen molar-refractivity contribution in [1.82, 2.24) is 21.3 Å². The van der Waals surface area contributed by atoms with Crippen LogP contribution >= 0.6 is 0 Å². The largest absolute Gasteiger partial charge is 0.313 e. The van der Waals surface area contributed by atoms with Crippen LogP contribution in [0.2, 0.25) is 0 Å². The number of hydrogen-bond donors (Lipinski definition) is 4.